The summed E-state index contributed by atoms with van der Waals surface area (Å²) in [6, 6.07) is 0. The summed E-state index contributed by atoms with van der Waals surface area (Å²) in [5.74, 6) is -10.5. The number of carbonyl (C=O) groups is 2. The number of hydrogen-bond acceptors (Lipinski definition) is 4. The summed E-state index contributed by atoms with van der Waals surface area (Å²) in [5, 5.41) is 4.55. The van der Waals surface area contributed by atoms with E-state index in [4.69, 9.17) is 19.1 Å². The molecule has 0 fully saturated rings. The average molecular weight is 604 g/mol. The third-order valence-corrected chi connectivity index (χ3v) is 5.06. The number of nitrogens with one attached hydrogen (secondary N) is 2. The van der Waals surface area contributed by atoms with Gasteiger partial charge in [0.2, 0.25) is 0 Å². The zero-order valence-electron chi connectivity index (χ0n) is 18.1. The summed E-state index contributed by atoms with van der Waals surface area (Å²) in [5.41, 5.74) is -3.38. The summed E-state index contributed by atoms with van der Waals surface area (Å²) in [6.07, 6.45) is 1.89. The molecule has 0 aromatic heterocycles. The molecule has 13 heteroatoms. The second-order valence-corrected chi connectivity index (χ2v) is 11.1. The number of amides is 2. The van der Waals surface area contributed by atoms with Gasteiger partial charge in [-0.15, -0.1) is 0 Å². The van der Waals surface area contributed by atoms with E-state index in [-0.39, 0.29) is 27.6 Å². The summed E-state index contributed by atoms with van der Waals surface area (Å²) >= 11 is -0.106. The number of benzene rings is 1. The molecule has 33 heavy (non-hydrogen) atoms. The molecule has 1 aromatic carbocycles. The zero-order chi connectivity index (χ0) is 25.1. The van der Waals surface area contributed by atoms with E-state index in [0.717, 1.165) is 0 Å². The van der Waals surface area contributed by atoms with E-state index < -0.39 is 57.3 Å². The number of aliphatic imine (C=N–C) groups is 2. The van der Waals surface area contributed by atoms with E-state index in [9.17, 15) is 27.2 Å². The third-order valence-electron chi connectivity index (χ3n) is 5.06. The molecule has 0 unspecified atom stereocenters. The van der Waals surface area contributed by atoms with Gasteiger partial charge < -0.3 is 10.6 Å². The second kappa shape index (κ2) is 10.8. The molecule has 6 nitrogen and oxygen atoms in total. The van der Waals surface area contributed by atoms with Crippen LogP contribution in [0.4, 0.5) is 17.6 Å². The van der Waals surface area contributed by atoms with Gasteiger partial charge in [-0.2, -0.15) is 0 Å². The molecule has 3 rings (SSSR count). The Morgan fingerprint density at radius 2 is 1.06 bits per heavy atom. The van der Waals surface area contributed by atoms with Crippen molar-refractivity contribution in [2.75, 3.05) is 0 Å². The van der Waals surface area contributed by atoms with Crippen LogP contribution in [0.15, 0.2) is 9.98 Å². The van der Waals surface area contributed by atoms with Gasteiger partial charge in [0, 0.05) is 12.8 Å². The minimum atomic E-state index is -2.18. The molecule has 0 saturated carbocycles. The van der Waals surface area contributed by atoms with Crippen LogP contribution in [0.1, 0.15) is 74.1 Å². The standard InChI is InChI=1S/C20H22F4N4O2.2ClH.Pd/c1-19(2)7-5-9(27-19)25-17(29)11-12(14(22)16(24)15(23)13(11)21)18(30)26-10-6-8-20(3,4)28-10;;;/h5-8H2,1-4H3,(H,25,27,29)(H,26,28,30);2*1H;/q;;;+2/p-2. The number of hydrogen-bond donors (Lipinski definition) is 2. The van der Waals surface area contributed by atoms with Crippen molar-refractivity contribution in [3.63, 3.8) is 0 Å². The Kier molecular flexibility index (Phi) is 9.07. The number of nitrogens with zero attached hydrogens (tertiary/aromatic N) is 2. The van der Waals surface area contributed by atoms with Crippen molar-refractivity contribution < 1.29 is 43.1 Å². The number of amidine groups is 2. The first-order valence-corrected chi connectivity index (χ1v) is 13.7. The Morgan fingerprint density at radius 1 is 0.758 bits per heavy atom. The van der Waals surface area contributed by atoms with Crippen molar-refractivity contribution in [3.8, 4) is 0 Å². The van der Waals surface area contributed by atoms with Crippen molar-refractivity contribution in [1.29, 1.82) is 0 Å². The van der Waals surface area contributed by atoms with Gasteiger partial charge in [0.05, 0.1) is 22.2 Å². The molecular formula is C20H22Cl2F4N4O2Pd. The molecule has 2 N–H and O–H groups in total. The first-order chi connectivity index (χ1) is 15.2. The number of carbonyl (C=O) groups excluding carboxylic acids is 2. The predicted octanol–water partition coefficient (Wildman–Crippen LogP) is 5.02. The van der Waals surface area contributed by atoms with E-state index in [2.05, 4.69) is 20.6 Å². The molecule has 0 spiro atoms. The van der Waals surface area contributed by atoms with Crippen LogP contribution in [0, 0.1) is 23.3 Å². The van der Waals surface area contributed by atoms with Gasteiger partial charge in [0.15, 0.2) is 23.3 Å². The maximum absolute atomic E-state index is 14.5. The van der Waals surface area contributed by atoms with Crippen molar-refractivity contribution in [3.05, 3.63) is 34.4 Å². The fraction of sp³-hybridized carbons (Fsp3) is 0.500. The van der Waals surface area contributed by atoms with Crippen LogP contribution in [0.25, 0.3) is 0 Å². The topological polar surface area (TPSA) is 82.9 Å². The summed E-state index contributed by atoms with van der Waals surface area (Å²) in [7, 11) is 9.63. The van der Waals surface area contributed by atoms with Gasteiger partial charge in [-0.3, -0.25) is 19.6 Å². The van der Waals surface area contributed by atoms with Crippen LogP contribution < -0.4 is 10.6 Å². The monoisotopic (exact) mass is 602 g/mol. The van der Waals surface area contributed by atoms with Crippen molar-refractivity contribution in [2.45, 2.75) is 64.5 Å². The molecule has 0 bridgehead atoms. The van der Waals surface area contributed by atoms with Crippen LogP contribution in [-0.4, -0.2) is 34.6 Å². The van der Waals surface area contributed by atoms with Gasteiger partial charge in [-0.05, 0) is 40.5 Å². The molecule has 0 atom stereocenters. The van der Waals surface area contributed by atoms with Gasteiger partial charge in [0.1, 0.15) is 11.7 Å². The molecule has 0 aliphatic carbocycles. The molecule has 1 aromatic rings. The van der Waals surface area contributed by atoms with Crippen LogP contribution in [-0.2, 0) is 15.9 Å². The Morgan fingerprint density at radius 3 is 1.30 bits per heavy atom. The number of halogens is 6. The van der Waals surface area contributed by atoms with Gasteiger partial charge in [0.25, 0.3) is 11.8 Å². The number of rotatable bonds is 2. The van der Waals surface area contributed by atoms with Crippen molar-refractivity contribution in [1.82, 2.24) is 10.6 Å². The van der Waals surface area contributed by atoms with E-state index in [0.29, 0.717) is 25.7 Å². The predicted molar refractivity (Wildman–Crippen MR) is 114 cm³/mol. The van der Waals surface area contributed by atoms with Crippen molar-refractivity contribution in [2.24, 2.45) is 9.98 Å². The molecule has 0 saturated heterocycles. The van der Waals surface area contributed by atoms with Gasteiger partial charge in [-0.25, -0.2) is 17.6 Å². The fourth-order valence-corrected chi connectivity index (χ4v) is 3.43. The van der Waals surface area contributed by atoms with Gasteiger partial charge >= 0.3 is 35.0 Å². The average Bonchev–Trinajstić information content (AvgIpc) is 3.23. The first-order valence-electron chi connectivity index (χ1n) is 9.71. The van der Waals surface area contributed by atoms with E-state index >= 15 is 0 Å². The first kappa shape index (κ1) is 27.7. The molecular weight excluding hydrogens is 582 g/mol. The maximum atomic E-state index is 14.5. The van der Waals surface area contributed by atoms with E-state index in [1.54, 1.807) is 0 Å². The minimum absolute atomic E-state index is 0.106. The Labute approximate surface area is 204 Å². The summed E-state index contributed by atoms with van der Waals surface area (Å²) in [6.45, 7) is 7.25. The molecule has 2 aliphatic rings. The van der Waals surface area contributed by atoms with Gasteiger partial charge in [-0.1, -0.05) is 0 Å². The second-order valence-electron chi connectivity index (χ2n) is 8.70. The van der Waals surface area contributed by atoms with Crippen LogP contribution in [0.3, 0.4) is 0 Å². The Balaban J connectivity index is 0.00000122. The molecule has 186 valence electrons. The SMILES string of the molecule is CC1(C)CCC(NC(=O)c2c(F)c(F)c(F)c(F)c2C(=O)NC2=NC(C)(C)CC2)=N1.[Cl][Pd][Cl]. The summed E-state index contributed by atoms with van der Waals surface area (Å²) in [4.78, 5) is 33.7. The van der Waals surface area contributed by atoms with E-state index in [1.165, 1.54) is 0 Å². The molecule has 2 amide bonds. The van der Waals surface area contributed by atoms with Crippen LogP contribution >= 0.6 is 19.1 Å². The Bertz CT molecular complexity index is 953. The third kappa shape index (κ3) is 6.75. The van der Waals surface area contributed by atoms with E-state index in [1.807, 2.05) is 27.7 Å². The molecule has 2 aliphatic heterocycles. The van der Waals surface area contributed by atoms with Crippen LogP contribution in [0.2, 0.25) is 0 Å². The summed E-state index contributed by atoms with van der Waals surface area (Å²) < 4.78 is 56.7. The van der Waals surface area contributed by atoms with Crippen molar-refractivity contribution >= 4 is 42.5 Å². The zero-order valence-corrected chi connectivity index (χ0v) is 21.2. The normalized spacial score (nSPS) is 18.2. The quantitative estimate of drug-likeness (QED) is 0.215. The fourth-order valence-electron chi connectivity index (χ4n) is 3.43. The Hall–Kier alpha value is -1.54. The van der Waals surface area contributed by atoms with Crippen LogP contribution in [0.5, 0.6) is 0 Å². The molecule has 2 heterocycles. The molecule has 0 radical (unpaired) electrons.